The molecule has 2 aromatic rings. The Morgan fingerprint density at radius 3 is 2.40 bits per heavy atom. The Morgan fingerprint density at radius 2 is 1.70 bits per heavy atom. The lowest BCUT2D eigenvalue weighted by atomic mass is 10.1. The average Bonchev–Trinajstić information content (AvgIpc) is 2.45. The molecule has 20 heavy (non-hydrogen) atoms. The molecule has 0 atom stereocenters. The first-order valence-electron chi connectivity index (χ1n) is 7.30. The first-order chi connectivity index (χ1) is 9.78. The van der Waals surface area contributed by atoms with Gasteiger partial charge in [-0.05, 0) is 48.7 Å². The molecule has 0 saturated carbocycles. The molecular weight excluding hydrogens is 268 g/mol. The highest BCUT2D eigenvalue weighted by Gasteiger charge is 1.99. The lowest BCUT2D eigenvalue weighted by molar-refractivity contribution is 0.482. The van der Waals surface area contributed by atoms with Crippen LogP contribution in [0.3, 0.4) is 0 Å². The van der Waals surface area contributed by atoms with Crippen LogP contribution in [0.4, 0.5) is 0 Å². The molecule has 2 heteroatoms. The van der Waals surface area contributed by atoms with Crippen molar-refractivity contribution >= 4 is 11.6 Å². The van der Waals surface area contributed by atoms with Gasteiger partial charge in [-0.2, -0.15) is 0 Å². The minimum atomic E-state index is 0.690. The van der Waals surface area contributed by atoms with Crippen molar-refractivity contribution in [3.05, 3.63) is 59.1 Å². The van der Waals surface area contributed by atoms with Crippen LogP contribution in [0, 0.1) is 0 Å². The molecule has 0 amide bonds. The molecule has 0 aliphatic heterocycles. The molecular formula is C18H21ClO. The number of hydrogen-bond acceptors (Lipinski definition) is 1. The van der Waals surface area contributed by atoms with Crippen molar-refractivity contribution in [2.45, 2.75) is 39.0 Å². The minimum absolute atomic E-state index is 0.690. The van der Waals surface area contributed by atoms with Gasteiger partial charge in [0.1, 0.15) is 11.5 Å². The lowest BCUT2D eigenvalue weighted by Crippen LogP contribution is -1.88. The molecule has 0 saturated heterocycles. The Morgan fingerprint density at radius 1 is 0.900 bits per heavy atom. The Balaban J connectivity index is 1.88. The number of halogens is 1. The third kappa shape index (κ3) is 4.90. The summed E-state index contributed by atoms with van der Waals surface area (Å²) in [6.07, 6.45) is 6.35. The fourth-order valence-electron chi connectivity index (χ4n) is 2.15. The summed E-state index contributed by atoms with van der Waals surface area (Å²) in [4.78, 5) is 0. The van der Waals surface area contributed by atoms with E-state index in [1.54, 1.807) is 0 Å². The van der Waals surface area contributed by atoms with Crippen molar-refractivity contribution in [1.82, 2.24) is 0 Å². The second kappa shape index (κ2) is 7.96. The maximum absolute atomic E-state index is 5.94. The van der Waals surface area contributed by atoms with Crippen LogP contribution in [0.15, 0.2) is 48.5 Å². The van der Waals surface area contributed by atoms with Crippen molar-refractivity contribution in [2.75, 3.05) is 0 Å². The molecule has 2 aromatic carbocycles. The van der Waals surface area contributed by atoms with Gasteiger partial charge in [-0.15, -0.1) is 0 Å². The monoisotopic (exact) mass is 288 g/mol. The van der Waals surface area contributed by atoms with E-state index in [-0.39, 0.29) is 0 Å². The van der Waals surface area contributed by atoms with Gasteiger partial charge in [0.25, 0.3) is 0 Å². The van der Waals surface area contributed by atoms with Gasteiger partial charge in [-0.1, -0.05) is 56.0 Å². The fraction of sp³-hybridized carbons (Fsp3) is 0.333. The van der Waals surface area contributed by atoms with Crippen molar-refractivity contribution in [2.24, 2.45) is 0 Å². The fourth-order valence-corrected chi connectivity index (χ4v) is 2.33. The Kier molecular flexibility index (Phi) is 5.94. The Hall–Kier alpha value is -1.47. The number of rotatable bonds is 7. The normalized spacial score (nSPS) is 10.5. The van der Waals surface area contributed by atoms with E-state index in [1.165, 1.54) is 31.2 Å². The molecule has 0 fully saturated rings. The SMILES string of the molecule is CCCCCCc1ccc(Oc2cccc(Cl)c2)cc1. The van der Waals surface area contributed by atoms with Crippen LogP contribution in [0.2, 0.25) is 5.02 Å². The first-order valence-corrected chi connectivity index (χ1v) is 7.68. The zero-order valence-electron chi connectivity index (χ0n) is 11.9. The van der Waals surface area contributed by atoms with E-state index in [9.17, 15) is 0 Å². The molecule has 0 heterocycles. The predicted molar refractivity (Wildman–Crippen MR) is 85.8 cm³/mol. The summed E-state index contributed by atoms with van der Waals surface area (Å²) in [6.45, 7) is 2.24. The van der Waals surface area contributed by atoms with Gasteiger partial charge in [-0.25, -0.2) is 0 Å². The van der Waals surface area contributed by atoms with Crippen LogP contribution >= 0.6 is 11.6 Å². The Labute approximate surface area is 126 Å². The molecule has 1 nitrogen and oxygen atoms in total. The third-order valence-electron chi connectivity index (χ3n) is 3.27. The third-order valence-corrected chi connectivity index (χ3v) is 3.51. The second-order valence-electron chi connectivity index (χ2n) is 5.01. The highest BCUT2D eigenvalue weighted by atomic mass is 35.5. The highest BCUT2D eigenvalue weighted by molar-refractivity contribution is 6.30. The van der Waals surface area contributed by atoms with E-state index in [0.29, 0.717) is 5.02 Å². The molecule has 0 bridgehead atoms. The van der Waals surface area contributed by atoms with Crippen molar-refractivity contribution in [3.8, 4) is 11.5 Å². The number of unbranched alkanes of at least 4 members (excludes halogenated alkanes) is 3. The van der Waals surface area contributed by atoms with Gasteiger partial charge in [0.2, 0.25) is 0 Å². The van der Waals surface area contributed by atoms with Crippen molar-refractivity contribution in [3.63, 3.8) is 0 Å². The molecule has 0 spiro atoms. The molecule has 2 rings (SSSR count). The maximum Gasteiger partial charge on any atom is 0.128 e. The van der Waals surface area contributed by atoms with Crippen LogP contribution in [-0.4, -0.2) is 0 Å². The van der Waals surface area contributed by atoms with Crippen LogP contribution in [0.25, 0.3) is 0 Å². The van der Waals surface area contributed by atoms with Gasteiger partial charge in [-0.3, -0.25) is 0 Å². The van der Waals surface area contributed by atoms with Crippen molar-refractivity contribution in [1.29, 1.82) is 0 Å². The van der Waals surface area contributed by atoms with E-state index in [1.807, 2.05) is 36.4 Å². The van der Waals surface area contributed by atoms with Crippen LogP contribution in [0.1, 0.15) is 38.2 Å². The summed E-state index contributed by atoms with van der Waals surface area (Å²) in [5, 5.41) is 0.690. The van der Waals surface area contributed by atoms with E-state index in [2.05, 4.69) is 19.1 Å². The van der Waals surface area contributed by atoms with Crippen molar-refractivity contribution < 1.29 is 4.74 Å². The second-order valence-corrected chi connectivity index (χ2v) is 5.45. The number of benzene rings is 2. The number of aryl methyl sites for hydroxylation is 1. The van der Waals surface area contributed by atoms with E-state index < -0.39 is 0 Å². The summed E-state index contributed by atoms with van der Waals surface area (Å²) in [7, 11) is 0. The summed E-state index contributed by atoms with van der Waals surface area (Å²) in [6, 6.07) is 15.8. The van der Waals surface area contributed by atoms with Crippen LogP contribution in [-0.2, 0) is 6.42 Å². The van der Waals surface area contributed by atoms with Gasteiger partial charge >= 0.3 is 0 Å². The molecule has 106 valence electrons. The van der Waals surface area contributed by atoms with Gasteiger partial charge in [0, 0.05) is 5.02 Å². The molecule has 0 aliphatic rings. The molecule has 0 radical (unpaired) electrons. The van der Waals surface area contributed by atoms with E-state index in [4.69, 9.17) is 16.3 Å². The summed E-state index contributed by atoms with van der Waals surface area (Å²) < 4.78 is 5.77. The quantitative estimate of drug-likeness (QED) is 0.547. The predicted octanol–water partition coefficient (Wildman–Crippen LogP) is 6.26. The van der Waals surface area contributed by atoms with Crippen LogP contribution < -0.4 is 4.74 Å². The summed E-state index contributed by atoms with van der Waals surface area (Å²) in [5.41, 5.74) is 1.37. The van der Waals surface area contributed by atoms with Crippen LogP contribution in [0.5, 0.6) is 11.5 Å². The minimum Gasteiger partial charge on any atom is -0.457 e. The maximum atomic E-state index is 5.94. The summed E-state index contributed by atoms with van der Waals surface area (Å²) >= 11 is 5.94. The van der Waals surface area contributed by atoms with Gasteiger partial charge in [0.05, 0.1) is 0 Å². The smallest absolute Gasteiger partial charge is 0.128 e. The highest BCUT2D eigenvalue weighted by Crippen LogP contribution is 2.24. The summed E-state index contributed by atoms with van der Waals surface area (Å²) in [5.74, 6) is 1.62. The molecule has 0 N–H and O–H groups in total. The molecule has 0 aliphatic carbocycles. The molecule has 0 aromatic heterocycles. The van der Waals surface area contributed by atoms with Gasteiger partial charge in [0.15, 0.2) is 0 Å². The zero-order valence-corrected chi connectivity index (χ0v) is 12.7. The van der Waals surface area contributed by atoms with Gasteiger partial charge < -0.3 is 4.74 Å². The zero-order chi connectivity index (χ0) is 14.2. The van der Waals surface area contributed by atoms with E-state index >= 15 is 0 Å². The first kappa shape index (κ1) is 14.9. The van der Waals surface area contributed by atoms with E-state index in [0.717, 1.165) is 17.9 Å². The molecule has 0 unspecified atom stereocenters. The largest absolute Gasteiger partial charge is 0.457 e. The average molecular weight is 289 g/mol. The standard InChI is InChI=1S/C18H21ClO/c1-2-3-4-5-7-15-10-12-17(13-11-15)20-18-9-6-8-16(19)14-18/h6,8-14H,2-5,7H2,1H3. The lowest BCUT2D eigenvalue weighted by Gasteiger charge is -2.07. The number of ether oxygens (including phenoxy) is 1. The topological polar surface area (TPSA) is 9.23 Å². The number of hydrogen-bond donors (Lipinski definition) is 0. The Bertz CT molecular complexity index is 519.